The van der Waals surface area contributed by atoms with E-state index in [0.717, 1.165) is 5.75 Å². The van der Waals surface area contributed by atoms with E-state index < -0.39 is 0 Å². The van der Waals surface area contributed by atoms with Crippen LogP contribution in [0.4, 0.5) is 0 Å². The summed E-state index contributed by atoms with van der Waals surface area (Å²) < 4.78 is 13.3. The number of benzene rings is 1. The monoisotopic (exact) mass is 320 g/mol. The van der Waals surface area contributed by atoms with E-state index in [1.807, 2.05) is 24.3 Å². The summed E-state index contributed by atoms with van der Waals surface area (Å²) in [5.41, 5.74) is 0.546. The Morgan fingerprint density at radius 2 is 2.14 bits per heavy atom. The molecular weight excluding hydrogens is 304 g/mol. The lowest BCUT2D eigenvalue weighted by Crippen LogP contribution is -2.42. The number of rotatable bonds is 3. The molecule has 1 atom stereocenters. The van der Waals surface area contributed by atoms with E-state index in [4.69, 9.17) is 21.1 Å². The van der Waals surface area contributed by atoms with Crippen LogP contribution in [0.2, 0.25) is 5.02 Å². The molecule has 3 rings (SSSR count). The van der Waals surface area contributed by atoms with Crippen LogP contribution in [0.25, 0.3) is 0 Å². The van der Waals surface area contributed by atoms with Gasteiger partial charge in [-0.2, -0.15) is 0 Å². The number of nitrogens with zero attached hydrogens (tertiary/aromatic N) is 2. The molecule has 2 aromatic rings. The number of hydrogen-bond acceptors (Lipinski definition) is 3. The Bertz CT molecular complexity index is 698. The lowest BCUT2D eigenvalue weighted by Gasteiger charge is -2.29. The van der Waals surface area contributed by atoms with E-state index in [1.54, 1.807) is 35.8 Å². The van der Waals surface area contributed by atoms with Gasteiger partial charge < -0.3 is 18.9 Å². The molecule has 1 aliphatic heterocycles. The summed E-state index contributed by atoms with van der Waals surface area (Å²) in [6, 6.07) is 9.18. The van der Waals surface area contributed by atoms with Gasteiger partial charge in [0.05, 0.1) is 11.6 Å². The number of aromatic nitrogens is 1. The van der Waals surface area contributed by atoms with Gasteiger partial charge in [0.1, 0.15) is 12.3 Å². The van der Waals surface area contributed by atoms with Gasteiger partial charge in [-0.05, 0) is 18.2 Å². The smallest absolute Gasteiger partial charge is 0.270 e. The molecule has 0 fully saturated rings. The first-order chi connectivity index (χ1) is 10.5. The predicted octanol–water partition coefficient (Wildman–Crippen LogP) is 2.59. The number of ether oxygens (including phenoxy) is 2. The molecule has 6 heteroatoms. The van der Waals surface area contributed by atoms with Crippen LogP contribution in [0.15, 0.2) is 36.5 Å². The van der Waals surface area contributed by atoms with Crippen molar-refractivity contribution in [1.29, 1.82) is 0 Å². The summed E-state index contributed by atoms with van der Waals surface area (Å²) in [7, 11) is 3.54. The molecule has 0 saturated heterocycles. The number of halogens is 1. The number of hydrogen-bond donors (Lipinski definition) is 0. The third kappa shape index (κ3) is 2.90. The average Bonchev–Trinajstić information content (AvgIpc) is 2.85. The largest absolute Gasteiger partial charge is 0.486 e. The van der Waals surface area contributed by atoms with Gasteiger partial charge >= 0.3 is 0 Å². The maximum Gasteiger partial charge on any atom is 0.270 e. The topological polar surface area (TPSA) is 43.7 Å². The van der Waals surface area contributed by atoms with Gasteiger partial charge in [-0.25, -0.2) is 0 Å². The first-order valence-electron chi connectivity index (χ1n) is 7.00. The number of fused-ring (bicyclic) bond motifs is 1. The molecule has 22 heavy (non-hydrogen) atoms. The molecule has 1 aromatic carbocycles. The van der Waals surface area contributed by atoms with Gasteiger partial charge in [0.25, 0.3) is 5.91 Å². The molecule has 0 saturated carbocycles. The van der Waals surface area contributed by atoms with Crippen LogP contribution in [-0.2, 0) is 7.05 Å². The number of amides is 1. The SMILES string of the molecule is CN(C[C@H]1COc2ccccc2O1)C(=O)c1cc(Cl)cn1C. The molecule has 116 valence electrons. The Morgan fingerprint density at radius 1 is 1.41 bits per heavy atom. The third-order valence-corrected chi connectivity index (χ3v) is 3.79. The zero-order chi connectivity index (χ0) is 15.7. The highest BCUT2D eigenvalue weighted by Crippen LogP contribution is 2.31. The number of aryl methyl sites for hydroxylation is 1. The molecule has 1 amide bonds. The standard InChI is InChI=1S/C16H17ClN2O3/c1-18-8-11(17)7-13(18)16(20)19(2)9-12-10-21-14-5-3-4-6-15(14)22-12/h3-8,12H,9-10H2,1-2H3/t12-/m0/s1. The third-order valence-electron chi connectivity index (χ3n) is 3.58. The van der Waals surface area contributed by atoms with Crippen molar-refractivity contribution in [3.8, 4) is 11.5 Å². The Morgan fingerprint density at radius 3 is 2.82 bits per heavy atom. The van der Waals surface area contributed by atoms with Gasteiger partial charge in [0.2, 0.25) is 0 Å². The van der Waals surface area contributed by atoms with Gasteiger partial charge in [-0.1, -0.05) is 23.7 Å². The van der Waals surface area contributed by atoms with Crippen molar-refractivity contribution in [3.63, 3.8) is 0 Å². The maximum absolute atomic E-state index is 12.4. The lowest BCUT2D eigenvalue weighted by molar-refractivity contribution is 0.0515. The summed E-state index contributed by atoms with van der Waals surface area (Å²) in [5.74, 6) is 1.35. The van der Waals surface area contributed by atoms with Gasteiger partial charge in [0.15, 0.2) is 17.6 Å². The van der Waals surface area contributed by atoms with Crippen molar-refractivity contribution < 1.29 is 14.3 Å². The molecule has 0 bridgehead atoms. The van der Waals surface area contributed by atoms with E-state index in [2.05, 4.69) is 0 Å². The van der Waals surface area contributed by atoms with E-state index in [1.165, 1.54) is 0 Å². The predicted molar refractivity (Wildman–Crippen MR) is 83.7 cm³/mol. The molecule has 0 N–H and O–H groups in total. The normalized spacial score (nSPS) is 16.4. The lowest BCUT2D eigenvalue weighted by atomic mass is 10.2. The highest BCUT2D eigenvalue weighted by atomic mass is 35.5. The fourth-order valence-electron chi connectivity index (χ4n) is 2.47. The minimum Gasteiger partial charge on any atom is -0.486 e. The first-order valence-corrected chi connectivity index (χ1v) is 7.38. The Hall–Kier alpha value is -2.14. The average molecular weight is 321 g/mol. The quantitative estimate of drug-likeness (QED) is 0.873. The zero-order valence-electron chi connectivity index (χ0n) is 12.5. The van der Waals surface area contributed by atoms with Gasteiger partial charge in [-0.3, -0.25) is 4.79 Å². The van der Waals surface area contributed by atoms with Crippen molar-refractivity contribution >= 4 is 17.5 Å². The van der Waals surface area contributed by atoms with Crippen LogP contribution >= 0.6 is 11.6 Å². The highest BCUT2D eigenvalue weighted by molar-refractivity contribution is 6.31. The molecule has 5 nitrogen and oxygen atoms in total. The van der Waals surface area contributed by atoms with Gasteiger partial charge in [-0.15, -0.1) is 0 Å². The highest BCUT2D eigenvalue weighted by Gasteiger charge is 2.25. The fourth-order valence-corrected chi connectivity index (χ4v) is 2.72. The molecule has 0 spiro atoms. The molecule has 1 aromatic heterocycles. The van der Waals surface area contributed by atoms with Gasteiger partial charge in [0, 0.05) is 20.3 Å². The van der Waals surface area contributed by atoms with Crippen LogP contribution in [0.3, 0.4) is 0 Å². The van der Waals surface area contributed by atoms with Crippen molar-refractivity contribution in [2.24, 2.45) is 7.05 Å². The molecular formula is C16H17ClN2O3. The van der Waals surface area contributed by atoms with Crippen LogP contribution in [0.5, 0.6) is 11.5 Å². The number of likely N-dealkylation sites (N-methyl/N-ethyl adjacent to an activating group) is 1. The molecule has 0 radical (unpaired) electrons. The number of carbonyl (C=O) groups is 1. The van der Waals surface area contributed by atoms with E-state index in [0.29, 0.717) is 29.6 Å². The van der Waals surface area contributed by atoms with Crippen LogP contribution in [-0.4, -0.2) is 41.7 Å². The van der Waals surface area contributed by atoms with Crippen LogP contribution in [0.1, 0.15) is 10.5 Å². The van der Waals surface area contributed by atoms with Crippen molar-refractivity contribution in [2.45, 2.75) is 6.10 Å². The Balaban J connectivity index is 1.66. The van der Waals surface area contributed by atoms with E-state index in [9.17, 15) is 4.79 Å². The fraction of sp³-hybridized carbons (Fsp3) is 0.312. The second kappa shape index (κ2) is 5.93. The summed E-state index contributed by atoms with van der Waals surface area (Å²) in [6.07, 6.45) is 1.51. The molecule has 0 unspecified atom stereocenters. The summed E-state index contributed by atoms with van der Waals surface area (Å²) in [5, 5.41) is 0.547. The van der Waals surface area contributed by atoms with Crippen LogP contribution < -0.4 is 9.47 Å². The summed E-state index contributed by atoms with van der Waals surface area (Å²) in [6.45, 7) is 0.860. The van der Waals surface area contributed by atoms with Crippen LogP contribution in [0, 0.1) is 0 Å². The molecule has 2 heterocycles. The minimum atomic E-state index is -0.195. The molecule has 1 aliphatic rings. The van der Waals surface area contributed by atoms with E-state index in [-0.39, 0.29) is 12.0 Å². The maximum atomic E-state index is 12.4. The first kappa shape index (κ1) is 14.8. The van der Waals surface area contributed by atoms with Crippen molar-refractivity contribution in [2.75, 3.05) is 20.2 Å². The summed E-state index contributed by atoms with van der Waals surface area (Å²) >= 11 is 5.93. The Kier molecular flexibility index (Phi) is 3.98. The second-order valence-corrected chi connectivity index (χ2v) is 5.77. The minimum absolute atomic E-state index is 0.100. The van der Waals surface area contributed by atoms with E-state index >= 15 is 0 Å². The number of carbonyl (C=O) groups excluding carboxylic acids is 1. The summed E-state index contributed by atoms with van der Waals surface area (Å²) in [4.78, 5) is 14.1. The molecule has 0 aliphatic carbocycles. The Labute approximate surface area is 134 Å². The number of para-hydroxylation sites is 2. The second-order valence-electron chi connectivity index (χ2n) is 5.34. The van der Waals surface area contributed by atoms with Crippen molar-refractivity contribution in [1.82, 2.24) is 9.47 Å². The van der Waals surface area contributed by atoms with Crippen molar-refractivity contribution in [3.05, 3.63) is 47.2 Å². The zero-order valence-corrected chi connectivity index (χ0v) is 13.2.